The Bertz CT molecular complexity index is 514. The van der Waals surface area contributed by atoms with E-state index in [2.05, 4.69) is 0 Å². The summed E-state index contributed by atoms with van der Waals surface area (Å²) < 4.78 is 18.5. The number of halogens is 3. The standard InChI is InChI=1S/C15H20ClFN2O2.ClH/c1-10(18)14-4-2-3-7-19(14)15(20)9-21-11-5-6-13(17)12(16)8-11;/h5-6,8,10,14H,2-4,7,9,18H2,1H3;1H. The van der Waals surface area contributed by atoms with Gasteiger partial charge in [0, 0.05) is 24.7 Å². The Balaban J connectivity index is 0.00000242. The number of ether oxygens (including phenoxy) is 1. The van der Waals surface area contributed by atoms with Gasteiger partial charge in [-0.3, -0.25) is 4.79 Å². The Morgan fingerprint density at radius 2 is 2.27 bits per heavy atom. The maximum Gasteiger partial charge on any atom is 0.260 e. The summed E-state index contributed by atoms with van der Waals surface area (Å²) in [5.74, 6) is -0.232. The summed E-state index contributed by atoms with van der Waals surface area (Å²) in [6.07, 6.45) is 2.99. The number of carbonyl (C=O) groups excluding carboxylic acids is 1. The number of benzene rings is 1. The van der Waals surface area contributed by atoms with Crippen LogP contribution in [0.25, 0.3) is 0 Å². The third-order valence-electron chi connectivity index (χ3n) is 3.73. The molecule has 0 saturated carbocycles. The predicted octanol–water partition coefficient (Wildman–Crippen LogP) is 3.01. The minimum absolute atomic E-state index is 0. The third-order valence-corrected chi connectivity index (χ3v) is 4.02. The Morgan fingerprint density at radius 1 is 1.55 bits per heavy atom. The molecule has 22 heavy (non-hydrogen) atoms. The second-order valence-corrected chi connectivity index (χ2v) is 5.78. The number of piperidine rings is 1. The lowest BCUT2D eigenvalue weighted by Crippen LogP contribution is -2.52. The number of hydrogen-bond donors (Lipinski definition) is 1. The van der Waals surface area contributed by atoms with Crippen LogP contribution in [0.5, 0.6) is 5.75 Å². The van der Waals surface area contributed by atoms with Crippen LogP contribution in [0.2, 0.25) is 5.02 Å². The highest BCUT2D eigenvalue weighted by molar-refractivity contribution is 6.30. The van der Waals surface area contributed by atoms with E-state index in [1.807, 2.05) is 6.92 Å². The first-order valence-corrected chi connectivity index (χ1v) is 7.49. The van der Waals surface area contributed by atoms with Crippen molar-refractivity contribution in [1.82, 2.24) is 4.90 Å². The van der Waals surface area contributed by atoms with Gasteiger partial charge in [-0.05, 0) is 38.3 Å². The molecular formula is C15H21Cl2FN2O2. The van der Waals surface area contributed by atoms with E-state index in [4.69, 9.17) is 22.1 Å². The van der Waals surface area contributed by atoms with Crippen molar-refractivity contribution in [2.45, 2.75) is 38.3 Å². The summed E-state index contributed by atoms with van der Waals surface area (Å²) in [5.41, 5.74) is 5.95. The monoisotopic (exact) mass is 350 g/mol. The molecule has 4 nitrogen and oxygen atoms in total. The SMILES string of the molecule is CC(N)C1CCCCN1C(=O)COc1ccc(F)c(Cl)c1.Cl. The Kier molecular flexibility index (Phi) is 7.39. The van der Waals surface area contributed by atoms with Gasteiger partial charge < -0.3 is 15.4 Å². The summed E-state index contributed by atoms with van der Waals surface area (Å²) in [7, 11) is 0. The molecule has 124 valence electrons. The lowest BCUT2D eigenvalue weighted by molar-refractivity contribution is -0.137. The Hall–Kier alpha value is -1.04. The Labute approximate surface area is 141 Å². The molecule has 0 bridgehead atoms. The zero-order valence-electron chi connectivity index (χ0n) is 12.4. The summed E-state index contributed by atoms with van der Waals surface area (Å²) in [4.78, 5) is 14.1. The molecule has 1 aromatic rings. The van der Waals surface area contributed by atoms with Crippen LogP contribution >= 0.6 is 24.0 Å². The van der Waals surface area contributed by atoms with Gasteiger partial charge in [0.05, 0.1) is 5.02 Å². The quantitative estimate of drug-likeness (QED) is 0.907. The number of likely N-dealkylation sites (tertiary alicyclic amines) is 1. The summed E-state index contributed by atoms with van der Waals surface area (Å²) in [6.45, 7) is 2.53. The molecule has 0 spiro atoms. The topological polar surface area (TPSA) is 55.6 Å². The van der Waals surface area contributed by atoms with Gasteiger partial charge in [0.1, 0.15) is 11.6 Å². The van der Waals surface area contributed by atoms with E-state index in [1.165, 1.54) is 18.2 Å². The zero-order chi connectivity index (χ0) is 15.4. The molecule has 0 aromatic heterocycles. The van der Waals surface area contributed by atoms with Crippen molar-refractivity contribution in [3.05, 3.63) is 29.0 Å². The number of amides is 1. The van der Waals surface area contributed by atoms with Crippen molar-refractivity contribution in [2.24, 2.45) is 5.73 Å². The molecule has 1 saturated heterocycles. The highest BCUT2D eigenvalue weighted by Crippen LogP contribution is 2.22. The molecule has 2 rings (SSSR count). The largest absolute Gasteiger partial charge is 0.484 e. The number of nitrogens with zero attached hydrogens (tertiary/aromatic N) is 1. The highest BCUT2D eigenvalue weighted by Gasteiger charge is 2.29. The van der Waals surface area contributed by atoms with E-state index in [9.17, 15) is 9.18 Å². The molecule has 1 aliphatic rings. The van der Waals surface area contributed by atoms with Crippen molar-refractivity contribution >= 4 is 29.9 Å². The maximum absolute atomic E-state index is 13.1. The van der Waals surface area contributed by atoms with E-state index >= 15 is 0 Å². The summed E-state index contributed by atoms with van der Waals surface area (Å²) in [6, 6.07) is 4.03. The first-order chi connectivity index (χ1) is 9.99. The molecule has 1 aromatic carbocycles. The zero-order valence-corrected chi connectivity index (χ0v) is 14.0. The number of carbonyl (C=O) groups is 1. The van der Waals surface area contributed by atoms with Gasteiger partial charge in [0.15, 0.2) is 6.61 Å². The number of hydrogen-bond acceptors (Lipinski definition) is 3. The van der Waals surface area contributed by atoms with Crippen LogP contribution in [0.1, 0.15) is 26.2 Å². The fraction of sp³-hybridized carbons (Fsp3) is 0.533. The molecular weight excluding hydrogens is 330 g/mol. The molecule has 1 aliphatic heterocycles. The van der Waals surface area contributed by atoms with Crippen molar-refractivity contribution < 1.29 is 13.9 Å². The van der Waals surface area contributed by atoms with Crippen LogP contribution in [0.4, 0.5) is 4.39 Å². The predicted molar refractivity (Wildman–Crippen MR) is 87.2 cm³/mol. The molecule has 0 radical (unpaired) electrons. The number of rotatable bonds is 4. The lowest BCUT2D eigenvalue weighted by atomic mass is 9.97. The van der Waals surface area contributed by atoms with Crippen molar-refractivity contribution in [2.75, 3.05) is 13.2 Å². The average molecular weight is 351 g/mol. The van der Waals surface area contributed by atoms with Gasteiger partial charge in [-0.1, -0.05) is 11.6 Å². The van der Waals surface area contributed by atoms with E-state index < -0.39 is 5.82 Å². The molecule has 1 heterocycles. The minimum atomic E-state index is -0.511. The van der Waals surface area contributed by atoms with Crippen LogP contribution < -0.4 is 10.5 Å². The van der Waals surface area contributed by atoms with Crippen LogP contribution in [0.15, 0.2) is 18.2 Å². The van der Waals surface area contributed by atoms with Gasteiger partial charge >= 0.3 is 0 Å². The lowest BCUT2D eigenvalue weighted by Gasteiger charge is -2.38. The van der Waals surface area contributed by atoms with Crippen LogP contribution in [0, 0.1) is 5.82 Å². The van der Waals surface area contributed by atoms with Crippen molar-refractivity contribution in [3.63, 3.8) is 0 Å². The molecule has 2 N–H and O–H groups in total. The van der Waals surface area contributed by atoms with Gasteiger partial charge in [-0.2, -0.15) is 0 Å². The summed E-state index contributed by atoms with van der Waals surface area (Å²) in [5, 5.41) is -0.0219. The second kappa shape index (κ2) is 8.56. The van der Waals surface area contributed by atoms with Crippen molar-refractivity contribution in [1.29, 1.82) is 0 Å². The normalized spacial score (nSPS) is 19.3. The van der Waals surface area contributed by atoms with Crippen LogP contribution in [-0.2, 0) is 4.79 Å². The minimum Gasteiger partial charge on any atom is -0.484 e. The molecule has 7 heteroatoms. The smallest absolute Gasteiger partial charge is 0.260 e. The van der Waals surface area contributed by atoms with Crippen molar-refractivity contribution in [3.8, 4) is 5.75 Å². The van der Waals surface area contributed by atoms with Crippen LogP contribution in [-0.4, -0.2) is 36.0 Å². The second-order valence-electron chi connectivity index (χ2n) is 5.37. The third kappa shape index (κ3) is 4.73. The first kappa shape index (κ1) is 19.0. The molecule has 1 fully saturated rings. The van der Waals surface area contributed by atoms with Gasteiger partial charge in [0.2, 0.25) is 0 Å². The van der Waals surface area contributed by atoms with E-state index in [0.717, 1.165) is 19.3 Å². The van der Waals surface area contributed by atoms with E-state index in [1.54, 1.807) is 4.90 Å². The fourth-order valence-corrected chi connectivity index (χ4v) is 2.78. The molecule has 0 aliphatic carbocycles. The fourth-order valence-electron chi connectivity index (χ4n) is 2.61. The van der Waals surface area contributed by atoms with Gasteiger partial charge in [-0.25, -0.2) is 4.39 Å². The number of nitrogens with two attached hydrogens (primary N) is 1. The average Bonchev–Trinajstić information content (AvgIpc) is 2.48. The molecule has 2 atom stereocenters. The van der Waals surface area contributed by atoms with Gasteiger partial charge in [-0.15, -0.1) is 12.4 Å². The van der Waals surface area contributed by atoms with Crippen LogP contribution in [0.3, 0.4) is 0 Å². The Morgan fingerprint density at radius 3 is 2.91 bits per heavy atom. The maximum atomic E-state index is 13.1. The van der Waals surface area contributed by atoms with E-state index in [-0.39, 0.29) is 42.0 Å². The molecule has 1 amide bonds. The van der Waals surface area contributed by atoms with E-state index in [0.29, 0.717) is 12.3 Å². The molecule has 2 unspecified atom stereocenters. The highest BCUT2D eigenvalue weighted by atomic mass is 35.5. The summed E-state index contributed by atoms with van der Waals surface area (Å²) >= 11 is 5.68. The first-order valence-electron chi connectivity index (χ1n) is 7.12. The van der Waals surface area contributed by atoms with Gasteiger partial charge in [0.25, 0.3) is 5.91 Å².